The third-order valence-electron chi connectivity index (χ3n) is 4.34. The van der Waals surface area contributed by atoms with Gasteiger partial charge in [0.15, 0.2) is 0 Å². The van der Waals surface area contributed by atoms with Crippen LogP contribution in [0.1, 0.15) is 39.4 Å². The van der Waals surface area contributed by atoms with Crippen LogP contribution in [0.5, 0.6) is 0 Å². The van der Waals surface area contributed by atoms with E-state index in [0.717, 1.165) is 5.82 Å². The maximum Gasteiger partial charge on any atom is 0.410 e. The highest BCUT2D eigenvalue weighted by molar-refractivity contribution is 6.29. The van der Waals surface area contributed by atoms with E-state index in [2.05, 4.69) is 9.88 Å². The summed E-state index contributed by atoms with van der Waals surface area (Å²) in [5, 5.41) is 10.4. The Morgan fingerprint density at radius 2 is 1.89 bits per heavy atom. The number of nitrogens with zero attached hydrogens (tertiary/aromatic N) is 4. The predicted molar refractivity (Wildman–Crippen MR) is 105 cm³/mol. The zero-order valence-electron chi connectivity index (χ0n) is 16.1. The number of amides is 1. The fourth-order valence-electron chi connectivity index (χ4n) is 3.03. The van der Waals surface area contributed by atoms with E-state index in [4.69, 9.17) is 21.3 Å². The number of anilines is 1. The molecule has 1 atom stereocenters. The molecule has 1 saturated heterocycles. The van der Waals surface area contributed by atoms with Crippen LogP contribution in [-0.2, 0) is 4.74 Å². The monoisotopic (exact) mass is 392 g/mol. The van der Waals surface area contributed by atoms with E-state index < -0.39 is 11.7 Å². The van der Waals surface area contributed by atoms with Gasteiger partial charge in [0.05, 0.1) is 17.1 Å². The Labute approximate surface area is 163 Å². The fourth-order valence-corrected chi connectivity index (χ4v) is 3.24. The minimum absolute atomic E-state index is 0.288. The van der Waals surface area contributed by atoms with Crippen molar-refractivity contribution < 1.29 is 14.6 Å². The van der Waals surface area contributed by atoms with Gasteiger partial charge in [0.2, 0.25) is 0 Å². The molecule has 8 heteroatoms. The van der Waals surface area contributed by atoms with Crippen molar-refractivity contribution in [2.75, 3.05) is 31.1 Å². The quantitative estimate of drug-likeness (QED) is 0.789. The number of carbonyl (C=O) groups excluding carboxylic acids is 1. The first kappa shape index (κ1) is 19.6. The van der Waals surface area contributed by atoms with Gasteiger partial charge in [0.1, 0.15) is 16.6 Å². The lowest BCUT2D eigenvalue weighted by Crippen LogP contribution is -2.50. The van der Waals surface area contributed by atoms with Gasteiger partial charge in [-0.3, -0.25) is 0 Å². The Hall–Kier alpha value is -2.12. The molecule has 1 amide bonds. The van der Waals surface area contributed by atoms with Crippen LogP contribution in [0.4, 0.5) is 10.6 Å². The van der Waals surface area contributed by atoms with Gasteiger partial charge in [-0.15, -0.1) is 0 Å². The van der Waals surface area contributed by atoms with Crippen LogP contribution in [-0.4, -0.2) is 57.8 Å². The number of fused-ring (bicyclic) bond motifs is 1. The zero-order valence-corrected chi connectivity index (χ0v) is 16.8. The summed E-state index contributed by atoms with van der Waals surface area (Å²) in [6, 6.07) is 5.39. The first-order valence-electron chi connectivity index (χ1n) is 9.02. The first-order valence-corrected chi connectivity index (χ1v) is 9.40. The summed E-state index contributed by atoms with van der Waals surface area (Å²) in [7, 11) is 0. The molecule has 0 aromatic carbocycles. The van der Waals surface area contributed by atoms with Crippen LogP contribution in [0.3, 0.4) is 0 Å². The molecule has 0 spiro atoms. The molecular weight excluding hydrogens is 368 g/mol. The summed E-state index contributed by atoms with van der Waals surface area (Å²) in [6.07, 6.45) is -0.983. The van der Waals surface area contributed by atoms with Gasteiger partial charge in [0, 0.05) is 31.7 Å². The summed E-state index contributed by atoms with van der Waals surface area (Å²) in [5.41, 5.74) is 1.44. The van der Waals surface area contributed by atoms with Crippen LogP contribution < -0.4 is 4.90 Å². The largest absolute Gasteiger partial charge is 0.444 e. The minimum atomic E-state index is -0.695. The lowest BCUT2D eigenvalue weighted by Gasteiger charge is -2.36. The van der Waals surface area contributed by atoms with Gasteiger partial charge >= 0.3 is 6.09 Å². The number of hydrogen-bond acceptors (Lipinski definition) is 6. The van der Waals surface area contributed by atoms with E-state index in [1.807, 2.05) is 32.9 Å². The predicted octanol–water partition coefficient (Wildman–Crippen LogP) is 3.39. The molecule has 0 bridgehead atoms. The summed E-state index contributed by atoms with van der Waals surface area (Å²) < 4.78 is 5.43. The van der Waals surface area contributed by atoms with Crippen molar-refractivity contribution in [2.24, 2.45) is 0 Å². The third kappa shape index (κ3) is 4.59. The van der Waals surface area contributed by atoms with E-state index >= 15 is 0 Å². The van der Waals surface area contributed by atoms with Gasteiger partial charge in [-0.25, -0.2) is 14.8 Å². The number of aliphatic hydroxyl groups is 1. The number of carbonyl (C=O) groups is 1. The molecule has 0 aliphatic carbocycles. The van der Waals surface area contributed by atoms with Gasteiger partial charge in [-0.1, -0.05) is 11.6 Å². The lowest BCUT2D eigenvalue weighted by atomic mass is 10.1. The van der Waals surface area contributed by atoms with Crippen LogP contribution in [0.2, 0.25) is 5.15 Å². The summed E-state index contributed by atoms with van der Waals surface area (Å²) in [6.45, 7) is 9.71. The molecule has 3 heterocycles. The van der Waals surface area contributed by atoms with Gasteiger partial charge < -0.3 is 19.6 Å². The average molecular weight is 393 g/mol. The van der Waals surface area contributed by atoms with Crippen molar-refractivity contribution in [2.45, 2.75) is 39.4 Å². The molecule has 146 valence electrons. The standard InChI is InChI=1S/C19H25ClN4O3/c1-12(25)13-11-15(20)21-14-5-6-16(22-17(13)14)23-7-9-24(10-8-23)18(26)27-19(2,3)4/h5-6,11-12,25H,7-10H2,1-4H3. The number of ether oxygens (including phenoxy) is 1. The fraction of sp³-hybridized carbons (Fsp3) is 0.526. The van der Waals surface area contributed by atoms with Crippen molar-refractivity contribution in [3.05, 3.63) is 28.9 Å². The Morgan fingerprint density at radius 3 is 2.48 bits per heavy atom. The molecule has 1 unspecified atom stereocenters. The van der Waals surface area contributed by atoms with E-state index in [1.54, 1.807) is 17.9 Å². The number of hydrogen-bond donors (Lipinski definition) is 1. The van der Waals surface area contributed by atoms with E-state index in [1.165, 1.54) is 0 Å². The smallest absolute Gasteiger partial charge is 0.410 e. The van der Waals surface area contributed by atoms with Crippen molar-refractivity contribution in [3.63, 3.8) is 0 Å². The Kier molecular flexibility index (Phi) is 5.44. The highest BCUT2D eigenvalue weighted by Crippen LogP contribution is 2.27. The third-order valence-corrected chi connectivity index (χ3v) is 4.53. The number of rotatable bonds is 2. The first-order chi connectivity index (χ1) is 12.6. The van der Waals surface area contributed by atoms with Gasteiger partial charge in [0.25, 0.3) is 0 Å². The van der Waals surface area contributed by atoms with Gasteiger partial charge in [-0.2, -0.15) is 0 Å². The van der Waals surface area contributed by atoms with Gasteiger partial charge in [-0.05, 0) is 45.9 Å². The minimum Gasteiger partial charge on any atom is -0.444 e. The van der Waals surface area contributed by atoms with Crippen molar-refractivity contribution in [3.8, 4) is 0 Å². The van der Waals surface area contributed by atoms with E-state index in [9.17, 15) is 9.90 Å². The Balaban J connectivity index is 1.77. The second-order valence-corrected chi connectivity index (χ2v) is 8.09. The molecule has 27 heavy (non-hydrogen) atoms. The molecule has 1 N–H and O–H groups in total. The molecule has 2 aromatic heterocycles. The molecule has 2 aromatic rings. The second kappa shape index (κ2) is 7.48. The number of piperazine rings is 1. The molecule has 0 radical (unpaired) electrons. The molecule has 1 aliphatic rings. The normalized spacial score (nSPS) is 16.5. The average Bonchev–Trinajstić information content (AvgIpc) is 2.59. The molecule has 7 nitrogen and oxygen atoms in total. The molecule has 3 rings (SSSR count). The number of aliphatic hydroxyl groups excluding tert-OH is 1. The highest BCUT2D eigenvalue weighted by atomic mass is 35.5. The van der Waals surface area contributed by atoms with Crippen LogP contribution in [0.15, 0.2) is 18.2 Å². The Morgan fingerprint density at radius 1 is 1.22 bits per heavy atom. The number of halogens is 1. The van der Waals surface area contributed by atoms with E-state index in [0.29, 0.717) is 47.9 Å². The van der Waals surface area contributed by atoms with Crippen molar-refractivity contribution in [1.29, 1.82) is 0 Å². The molecule has 1 aliphatic heterocycles. The van der Waals surface area contributed by atoms with Crippen LogP contribution in [0, 0.1) is 0 Å². The van der Waals surface area contributed by atoms with E-state index in [-0.39, 0.29) is 6.09 Å². The molecule has 1 fully saturated rings. The topological polar surface area (TPSA) is 78.8 Å². The summed E-state index contributed by atoms with van der Waals surface area (Å²) in [4.78, 5) is 25.0. The second-order valence-electron chi connectivity index (χ2n) is 7.70. The Bertz CT molecular complexity index is 843. The SMILES string of the molecule is CC(O)c1cc(Cl)nc2ccc(N3CCN(C(=O)OC(C)(C)C)CC3)nc12. The zero-order chi connectivity index (χ0) is 19.8. The summed E-state index contributed by atoms with van der Waals surface area (Å²) >= 11 is 6.04. The number of aromatic nitrogens is 2. The van der Waals surface area contributed by atoms with Crippen LogP contribution in [0.25, 0.3) is 11.0 Å². The van der Waals surface area contributed by atoms with Crippen molar-refractivity contribution >= 4 is 34.5 Å². The lowest BCUT2D eigenvalue weighted by molar-refractivity contribution is 0.0240. The maximum atomic E-state index is 12.2. The number of pyridine rings is 2. The summed E-state index contributed by atoms with van der Waals surface area (Å²) in [5.74, 6) is 0.789. The molecular formula is C19H25ClN4O3. The van der Waals surface area contributed by atoms with Crippen molar-refractivity contribution in [1.82, 2.24) is 14.9 Å². The van der Waals surface area contributed by atoms with Crippen LogP contribution >= 0.6 is 11.6 Å². The highest BCUT2D eigenvalue weighted by Gasteiger charge is 2.26. The maximum absolute atomic E-state index is 12.2. The molecule has 0 saturated carbocycles.